The Kier molecular flexibility index (Phi) is 3.88. The zero-order chi connectivity index (χ0) is 16.4. The standard InChI is InChI=1S/C15H17N5O3/c16-14-13(15(17)22)11(18-19-14)7-9-1-3-10(4-2-9)20-5-6-23-12(21)8-20/h1-4H,5-8H2,(H2,17,22)(H3,16,18,19). The zero-order valence-electron chi connectivity index (χ0n) is 12.4. The smallest absolute Gasteiger partial charge is 0.325 e. The number of benzene rings is 1. The molecule has 0 radical (unpaired) electrons. The first-order valence-corrected chi connectivity index (χ1v) is 7.16. The minimum absolute atomic E-state index is 0.107. The molecule has 0 aliphatic carbocycles. The fraction of sp³-hybridized carbons (Fsp3) is 0.267. The van der Waals surface area contributed by atoms with Crippen LogP contribution in [-0.2, 0) is 16.0 Å². The van der Waals surface area contributed by atoms with E-state index < -0.39 is 5.91 Å². The molecule has 1 saturated heterocycles. The van der Waals surface area contributed by atoms with E-state index in [4.69, 9.17) is 16.2 Å². The van der Waals surface area contributed by atoms with E-state index in [0.717, 1.165) is 11.3 Å². The molecule has 8 nitrogen and oxygen atoms in total. The van der Waals surface area contributed by atoms with Gasteiger partial charge in [-0.15, -0.1) is 0 Å². The van der Waals surface area contributed by atoms with Gasteiger partial charge in [0.1, 0.15) is 18.7 Å². The normalized spacial score (nSPS) is 14.6. The van der Waals surface area contributed by atoms with Crippen LogP contribution >= 0.6 is 0 Å². The van der Waals surface area contributed by atoms with Crippen LogP contribution in [0.15, 0.2) is 24.3 Å². The van der Waals surface area contributed by atoms with Gasteiger partial charge in [0.25, 0.3) is 5.91 Å². The number of carbonyl (C=O) groups excluding carboxylic acids is 2. The maximum atomic E-state index is 11.4. The molecule has 0 bridgehead atoms. The van der Waals surface area contributed by atoms with Gasteiger partial charge >= 0.3 is 5.97 Å². The molecule has 5 N–H and O–H groups in total. The van der Waals surface area contributed by atoms with Crippen molar-refractivity contribution in [2.45, 2.75) is 6.42 Å². The predicted molar refractivity (Wildman–Crippen MR) is 83.9 cm³/mol. The minimum Gasteiger partial charge on any atom is -0.462 e. The third-order valence-corrected chi connectivity index (χ3v) is 3.74. The van der Waals surface area contributed by atoms with Gasteiger partial charge < -0.3 is 21.1 Å². The number of nitrogens with zero attached hydrogens (tertiary/aromatic N) is 2. The summed E-state index contributed by atoms with van der Waals surface area (Å²) in [6, 6.07) is 7.71. The topological polar surface area (TPSA) is 127 Å². The molecular formula is C15H17N5O3. The van der Waals surface area contributed by atoms with Gasteiger partial charge in [0.2, 0.25) is 0 Å². The average Bonchev–Trinajstić information content (AvgIpc) is 2.89. The molecule has 0 saturated carbocycles. The molecule has 1 aliphatic rings. The molecule has 1 aromatic heterocycles. The Morgan fingerprint density at radius 3 is 2.74 bits per heavy atom. The van der Waals surface area contributed by atoms with E-state index in [1.165, 1.54) is 0 Å². The number of carbonyl (C=O) groups is 2. The maximum absolute atomic E-state index is 11.4. The number of rotatable bonds is 4. The summed E-state index contributed by atoms with van der Waals surface area (Å²) in [6.07, 6.45) is 0.463. The number of amides is 1. The Morgan fingerprint density at radius 2 is 2.09 bits per heavy atom. The first-order valence-electron chi connectivity index (χ1n) is 7.16. The maximum Gasteiger partial charge on any atom is 0.325 e. The molecule has 120 valence electrons. The number of nitrogens with one attached hydrogen (secondary N) is 1. The lowest BCUT2D eigenvalue weighted by Crippen LogP contribution is -2.39. The average molecular weight is 315 g/mol. The summed E-state index contributed by atoms with van der Waals surface area (Å²) in [5, 5.41) is 6.57. The molecule has 1 aromatic carbocycles. The highest BCUT2D eigenvalue weighted by atomic mass is 16.5. The molecule has 1 fully saturated rings. The molecule has 0 unspecified atom stereocenters. The van der Waals surface area contributed by atoms with Gasteiger partial charge in [-0.2, -0.15) is 5.10 Å². The number of anilines is 2. The molecule has 0 spiro atoms. The highest BCUT2D eigenvalue weighted by Crippen LogP contribution is 2.20. The Hall–Kier alpha value is -3.03. The molecule has 0 atom stereocenters. The number of nitrogen functional groups attached to an aromatic ring is 1. The van der Waals surface area contributed by atoms with Crippen LogP contribution in [0.4, 0.5) is 11.5 Å². The number of ether oxygens (including phenoxy) is 1. The number of esters is 1. The van der Waals surface area contributed by atoms with Gasteiger partial charge in [-0.1, -0.05) is 12.1 Å². The van der Waals surface area contributed by atoms with Gasteiger partial charge in [-0.25, -0.2) is 0 Å². The number of hydrogen-bond donors (Lipinski definition) is 3. The summed E-state index contributed by atoms with van der Waals surface area (Å²) in [7, 11) is 0. The van der Waals surface area contributed by atoms with Crippen LogP contribution in [0.25, 0.3) is 0 Å². The fourth-order valence-corrected chi connectivity index (χ4v) is 2.60. The summed E-state index contributed by atoms with van der Waals surface area (Å²) in [5.41, 5.74) is 13.7. The number of hydrogen-bond acceptors (Lipinski definition) is 6. The van der Waals surface area contributed by atoms with E-state index in [1.807, 2.05) is 29.2 Å². The lowest BCUT2D eigenvalue weighted by molar-refractivity contribution is -0.143. The summed E-state index contributed by atoms with van der Waals surface area (Å²) >= 11 is 0. The molecule has 23 heavy (non-hydrogen) atoms. The number of H-pyrrole nitrogens is 1. The molecule has 3 rings (SSSR count). The van der Waals surface area contributed by atoms with Crippen molar-refractivity contribution < 1.29 is 14.3 Å². The van der Waals surface area contributed by atoms with Crippen LogP contribution in [0, 0.1) is 0 Å². The number of aromatic nitrogens is 2. The lowest BCUT2D eigenvalue weighted by Gasteiger charge is -2.27. The number of morpholine rings is 1. The molecule has 2 heterocycles. The zero-order valence-corrected chi connectivity index (χ0v) is 12.4. The fourth-order valence-electron chi connectivity index (χ4n) is 2.60. The summed E-state index contributed by atoms with van der Waals surface area (Å²) in [6.45, 7) is 1.33. The van der Waals surface area contributed by atoms with E-state index >= 15 is 0 Å². The largest absolute Gasteiger partial charge is 0.462 e. The Morgan fingerprint density at radius 1 is 1.35 bits per heavy atom. The van der Waals surface area contributed by atoms with Crippen molar-refractivity contribution in [3.05, 3.63) is 41.1 Å². The number of primary amides is 1. The van der Waals surface area contributed by atoms with E-state index in [9.17, 15) is 9.59 Å². The molecular weight excluding hydrogens is 298 g/mol. The number of cyclic esters (lactones) is 1. The van der Waals surface area contributed by atoms with Gasteiger partial charge in [0.05, 0.1) is 12.2 Å². The second-order valence-corrected chi connectivity index (χ2v) is 5.31. The monoisotopic (exact) mass is 315 g/mol. The van der Waals surface area contributed by atoms with E-state index in [1.54, 1.807) is 0 Å². The van der Waals surface area contributed by atoms with Crippen molar-refractivity contribution in [3.63, 3.8) is 0 Å². The lowest BCUT2D eigenvalue weighted by atomic mass is 10.1. The van der Waals surface area contributed by atoms with Crippen molar-refractivity contribution in [2.75, 3.05) is 30.3 Å². The third-order valence-electron chi connectivity index (χ3n) is 3.74. The van der Waals surface area contributed by atoms with Crippen LogP contribution in [0.5, 0.6) is 0 Å². The van der Waals surface area contributed by atoms with Crippen LogP contribution in [0.3, 0.4) is 0 Å². The Labute approximate surface area is 132 Å². The third kappa shape index (κ3) is 3.10. The quantitative estimate of drug-likeness (QED) is 0.684. The summed E-state index contributed by atoms with van der Waals surface area (Å²) in [4.78, 5) is 24.7. The Balaban J connectivity index is 1.75. The van der Waals surface area contributed by atoms with Crippen LogP contribution in [0.2, 0.25) is 0 Å². The number of aromatic amines is 1. The SMILES string of the molecule is NC(=O)c1c(N)n[nH]c1Cc1ccc(N2CCOC(=O)C2)cc1. The molecule has 8 heteroatoms. The van der Waals surface area contributed by atoms with Gasteiger partial charge in [-0.3, -0.25) is 14.7 Å². The first kappa shape index (κ1) is 14.9. The Bertz CT molecular complexity index is 738. The highest BCUT2D eigenvalue weighted by molar-refractivity contribution is 5.98. The van der Waals surface area contributed by atoms with Gasteiger partial charge in [-0.05, 0) is 17.7 Å². The van der Waals surface area contributed by atoms with Crippen molar-refractivity contribution in [1.29, 1.82) is 0 Å². The van der Waals surface area contributed by atoms with Crippen LogP contribution in [-0.4, -0.2) is 41.8 Å². The second kappa shape index (κ2) is 5.99. The van der Waals surface area contributed by atoms with E-state index in [2.05, 4.69) is 10.2 Å². The van der Waals surface area contributed by atoms with Crippen LogP contribution in [0.1, 0.15) is 21.6 Å². The van der Waals surface area contributed by atoms with Gasteiger partial charge in [0, 0.05) is 12.1 Å². The van der Waals surface area contributed by atoms with E-state index in [0.29, 0.717) is 25.3 Å². The molecule has 2 aromatic rings. The predicted octanol–water partition coefficient (Wildman–Crippen LogP) is 0.0448. The minimum atomic E-state index is -0.602. The van der Waals surface area contributed by atoms with Crippen molar-refractivity contribution in [2.24, 2.45) is 5.73 Å². The second-order valence-electron chi connectivity index (χ2n) is 5.31. The van der Waals surface area contributed by atoms with Crippen LogP contribution < -0.4 is 16.4 Å². The van der Waals surface area contributed by atoms with E-state index in [-0.39, 0.29) is 23.9 Å². The first-order chi connectivity index (χ1) is 11.0. The summed E-state index contributed by atoms with van der Waals surface area (Å²) < 4.78 is 4.92. The molecule has 1 amide bonds. The van der Waals surface area contributed by atoms with Crippen molar-refractivity contribution in [3.8, 4) is 0 Å². The van der Waals surface area contributed by atoms with Crippen molar-refractivity contribution in [1.82, 2.24) is 10.2 Å². The molecule has 1 aliphatic heterocycles. The highest BCUT2D eigenvalue weighted by Gasteiger charge is 2.19. The summed E-state index contributed by atoms with van der Waals surface area (Å²) in [5.74, 6) is -0.718. The number of nitrogens with two attached hydrogens (primary N) is 2. The van der Waals surface area contributed by atoms with Gasteiger partial charge in [0.15, 0.2) is 5.82 Å². The van der Waals surface area contributed by atoms with Crippen molar-refractivity contribution >= 4 is 23.4 Å².